The van der Waals surface area contributed by atoms with Crippen LogP contribution in [0, 0.1) is 5.82 Å². The standard InChI is InChI=1S/C20H13F4NO2S/c21-15-6-4-12(5-7-15)11-25-19(27)14-3-1-2-13(10-14)16-8-9-17(28-16)18(26)20(22,23)24/h1-10H,11H2,(H,25,27). The Morgan fingerprint density at radius 3 is 2.36 bits per heavy atom. The van der Waals surface area contributed by atoms with Gasteiger partial charge in [0, 0.05) is 17.0 Å². The number of hydrogen-bond acceptors (Lipinski definition) is 3. The highest BCUT2D eigenvalue weighted by Gasteiger charge is 2.40. The predicted octanol–water partition coefficient (Wildman–Crippen LogP) is 5.23. The van der Waals surface area contributed by atoms with Crippen molar-refractivity contribution in [3.8, 4) is 10.4 Å². The Morgan fingerprint density at radius 1 is 0.964 bits per heavy atom. The van der Waals surface area contributed by atoms with Crippen LogP contribution in [0.2, 0.25) is 0 Å². The molecule has 1 heterocycles. The molecule has 144 valence electrons. The van der Waals surface area contributed by atoms with Crippen molar-refractivity contribution >= 4 is 23.0 Å². The van der Waals surface area contributed by atoms with Gasteiger partial charge < -0.3 is 5.32 Å². The molecular weight excluding hydrogens is 394 g/mol. The van der Waals surface area contributed by atoms with E-state index in [0.717, 1.165) is 11.6 Å². The van der Waals surface area contributed by atoms with Crippen molar-refractivity contribution in [1.82, 2.24) is 5.32 Å². The third kappa shape index (κ3) is 4.64. The first-order valence-electron chi connectivity index (χ1n) is 8.08. The predicted molar refractivity (Wildman–Crippen MR) is 97.7 cm³/mol. The topological polar surface area (TPSA) is 46.2 Å². The number of alkyl halides is 3. The molecule has 0 saturated heterocycles. The molecule has 0 fully saturated rings. The molecule has 28 heavy (non-hydrogen) atoms. The minimum absolute atomic E-state index is 0.201. The van der Waals surface area contributed by atoms with Gasteiger partial charge in [-0.3, -0.25) is 9.59 Å². The van der Waals surface area contributed by atoms with E-state index in [0.29, 0.717) is 27.3 Å². The Kier molecular flexibility index (Phi) is 5.60. The molecular formula is C20H13F4NO2S. The van der Waals surface area contributed by atoms with Crippen molar-refractivity contribution in [1.29, 1.82) is 0 Å². The van der Waals surface area contributed by atoms with E-state index >= 15 is 0 Å². The van der Waals surface area contributed by atoms with Crippen molar-refractivity contribution in [3.05, 3.63) is 82.5 Å². The summed E-state index contributed by atoms with van der Waals surface area (Å²) in [6.07, 6.45) is -4.93. The van der Waals surface area contributed by atoms with Gasteiger partial charge in [-0.25, -0.2) is 4.39 Å². The van der Waals surface area contributed by atoms with E-state index in [1.54, 1.807) is 30.3 Å². The Hall–Kier alpha value is -3.00. The van der Waals surface area contributed by atoms with Crippen LogP contribution < -0.4 is 5.32 Å². The molecule has 3 nitrogen and oxygen atoms in total. The van der Waals surface area contributed by atoms with Crippen molar-refractivity contribution in [3.63, 3.8) is 0 Å². The van der Waals surface area contributed by atoms with E-state index in [1.807, 2.05) is 0 Å². The van der Waals surface area contributed by atoms with Crippen molar-refractivity contribution < 1.29 is 27.2 Å². The Bertz CT molecular complexity index is 1010. The first kappa shape index (κ1) is 19.8. The molecule has 1 N–H and O–H groups in total. The lowest BCUT2D eigenvalue weighted by atomic mass is 10.1. The van der Waals surface area contributed by atoms with E-state index in [-0.39, 0.29) is 18.3 Å². The maximum atomic E-state index is 12.9. The highest BCUT2D eigenvalue weighted by Crippen LogP contribution is 2.32. The number of Topliss-reactive ketones (excluding diaryl/α,β-unsaturated/α-hetero) is 1. The Balaban J connectivity index is 1.73. The number of benzene rings is 2. The second-order valence-corrected chi connectivity index (χ2v) is 6.96. The number of carbonyl (C=O) groups is 2. The largest absolute Gasteiger partial charge is 0.455 e. The van der Waals surface area contributed by atoms with E-state index in [4.69, 9.17) is 0 Å². The molecule has 0 bridgehead atoms. The average Bonchev–Trinajstić information content (AvgIpc) is 3.16. The van der Waals surface area contributed by atoms with Gasteiger partial charge in [-0.15, -0.1) is 11.3 Å². The van der Waals surface area contributed by atoms with Crippen molar-refractivity contribution in [2.45, 2.75) is 12.7 Å². The zero-order valence-electron chi connectivity index (χ0n) is 14.2. The minimum atomic E-state index is -4.93. The highest BCUT2D eigenvalue weighted by molar-refractivity contribution is 7.17. The fraction of sp³-hybridized carbons (Fsp3) is 0.100. The molecule has 0 aliphatic rings. The summed E-state index contributed by atoms with van der Waals surface area (Å²) in [5.74, 6) is -2.65. The summed E-state index contributed by atoms with van der Waals surface area (Å²) < 4.78 is 50.5. The molecule has 1 amide bonds. The molecule has 0 atom stereocenters. The van der Waals surface area contributed by atoms with Gasteiger partial charge in [0.05, 0.1) is 4.88 Å². The quantitative estimate of drug-likeness (QED) is 0.465. The van der Waals surface area contributed by atoms with Crippen LogP contribution in [-0.4, -0.2) is 17.9 Å². The van der Waals surface area contributed by atoms with E-state index in [1.165, 1.54) is 24.3 Å². The number of amides is 1. The number of hydrogen-bond donors (Lipinski definition) is 1. The summed E-state index contributed by atoms with van der Waals surface area (Å²) in [4.78, 5) is 23.7. The first-order valence-corrected chi connectivity index (χ1v) is 8.90. The number of nitrogens with one attached hydrogen (secondary N) is 1. The van der Waals surface area contributed by atoms with Gasteiger partial charge >= 0.3 is 6.18 Å². The molecule has 0 unspecified atom stereocenters. The number of ketones is 1. The Morgan fingerprint density at radius 2 is 1.68 bits per heavy atom. The number of rotatable bonds is 5. The lowest BCUT2D eigenvalue weighted by Crippen LogP contribution is -2.22. The fourth-order valence-electron chi connectivity index (χ4n) is 2.46. The van der Waals surface area contributed by atoms with Crippen molar-refractivity contribution in [2.24, 2.45) is 0 Å². The highest BCUT2D eigenvalue weighted by atomic mass is 32.1. The third-order valence-corrected chi connectivity index (χ3v) is 5.00. The maximum absolute atomic E-state index is 12.9. The van der Waals surface area contributed by atoms with E-state index in [2.05, 4.69) is 5.32 Å². The lowest BCUT2D eigenvalue weighted by Gasteiger charge is -2.07. The first-order chi connectivity index (χ1) is 13.2. The van der Waals surface area contributed by atoms with Crippen LogP contribution in [0.5, 0.6) is 0 Å². The lowest BCUT2D eigenvalue weighted by molar-refractivity contribution is -0.0882. The van der Waals surface area contributed by atoms with Gasteiger partial charge in [0.15, 0.2) is 0 Å². The van der Waals surface area contributed by atoms with Crippen molar-refractivity contribution in [2.75, 3.05) is 0 Å². The number of carbonyl (C=O) groups excluding carboxylic acids is 2. The Labute approximate surface area is 161 Å². The van der Waals surface area contributed by atoms with Crippen LogP contribution in [0.4, 0.5) is 17.6 Å². The second-order valence-electron chi connectivity index (χ2n) is 5.88. The molecule has 8 heteroatoms. The smallest absolute Gasteiger partial charge is 0.348 e. The van der Waals surface area contributed by atoms with Gasteiger partial charge in [-0.2, -0.15) is 13.2 Å². The zero-order chi connectivity index (χ0) is 20.3. The molecule has 0 aliphatic carbocycles. The van der Waals surface area contributed by atoms with Gasteiger partial charge in [0.2, 0.25) is 0 Å². The van der Waals surface area contributed by atoms with Gasteiger partial charge in [0.25, 0.3) is 11.7 Å². The SMILES string of the molecule is O=C(NCc1ccc(F)cc1)c1cccc(-c2ccc(C(=O)C(F)(F)F)s2)c1. The van der Waals surface area contributed by atoms with Crippen LogP contribution in [0.15, 0.2) is 60.7 Å². The van der Waals surface area contributed by atoms with Crippen LogP contribution in [0.1, 0.15) is 25.6 Å². The van der Waals surface area contributed by atoms with Gasteiger partial charge in [-0.05, 0) is 47.5 Å². The van der Waals surface area contributed by atoms with Crippen LogP contribution in [0.3, 0.4) is 0 Å². The minimum Gasteiger partial charge on any atom is -0.348 e. The summed E-state index contributed by atoms with van der Waals surface area (Å²) in [5.41, 5.74) is 1.57. The number of thiophene rings is 1. The molecule has 0 spiro atoms. The van der Waals surface area contributed by atoms with Crippen LogP contribution >= 0.6 is 11.3 Å². The molecule has 1 aromatic heterocycles. The second kappa shape index (κ2) is 7.93. The molecule has 0 saturated carbocycles. The molecule has 3 rings (SSSR count). The zero-order valence-corrected chi connectivity index (χ0v) is 15.0. The van der Waals surface area contributed by atoms with E-state index < -0.39 is 16.8 Å². The molecule has 2 aromatic carbocycles. The maximum Gasteiger partial charge on any atom is 0.455 e. The van der Waals surface area contributed by atoms with E-state index in [9.17, 15) is 27.2 Å². The summed E-state index contributed by atoms with van der Waals surface area (Å²) in [5, 5.41) is 2.70. The average molecular weight is 407 g/mol. The summed E-state index contributed by atoms with van der Waals surface area (Å²) in [7, 11) is 0. The fourth-order valence-corrected chi connectivity index (χ4v) is 3.42. The number of halogens is 4. The van der Waals surface area contributed by atoms with Gasteiger partial charge in [-0.1, -0.05) is 24.3 Å². The van der Waals surface area contributed by atoms with Crippen LogP contribution in [-0.2, 0) is 6.54 Å². The molecule has 0 aliphatic heterocycles. The summed E-state index contributed by atoms with van der Waals surface area (Å²) in [6, 6.07) is 14.6. The third-order valence-electron chi connectivity index (χ3n) is 3.86. The van der Waals surface area contributed by atoms with Gasteiger partial charge in [0.1, 0.15) is 5.82 Å². The molecule has 3 aromatic rings. The summed E-state index contributed by atoms with van der Waals surface area (Å²) in [6.45, 7) is 0.201. The monoisotopic (exact) mass is 407 g/mol. The summed E-state index contributed by atoms with van der Waals surface area (Å²) >= 11 is 0.716. The molecule has 0 radical (unpaired) electrons. The van der Waals surface area contributed by atoms with Crippen LogP contribution in [0.25, 0.3) is 10.4 Å². The normalized spacial score (nSPS) is 11.3.